The highest BCUT2D eigenvalue weighted by Crippen LogP contribution is 2.27. The molecule has 0 fully saturated rings. The van der Waals surface area contributed by atoms with Crippen molar-refractivity contribution in [1.82, 2.24) is 0 Å². The van der Waals surface area contributed by atoms with Crippen LogP contribution in [0.4, 0.5) is 4.39 Å². The lowest BCUT2D eigenvalue weighted by Crippen LogP contribution is -1.91. The highest BCUT2D eigenvalue weighted by Gasteiger charge is 2.08. The van der Waals surface area contributed by atoms with Crippen molar-refractivity contribution in [2.75, 3.05) is 0 Å². The van der Waals surface area contributed by atoms with E-state index >= 15 is 0 Å². The number of halogens is 1. The molecule has 0 amide bonds. The van der Waals surface area contributed by atoms with Crippen molar-refractivity contribution in [1.29, 1.82) is 5.26 Å². The van der Waals surface area contributed by atoms with Crippen LogP contribution < -0.4 is 0 Å². The summed E-state index contributed by atoms with van der Waals surface area (Å²) in [6.45, 7) is 3.81. The van der Waals surface area contributed by atoms with E-state index in [2.05, 4.69) is 6.07 Å². The molecule has 90 valence electrons. The summed E-state index contributed by atoms with van der Waals surface area (Å²) in [7, 11) is 0. The second-order valence-corrected chi connectivity index (χ2v) is 4.47. The Hall–Kier alpha value is -2.14. The number of benzene rings is 2. The van der Waals surface area contributed by atoms with Gasteiger partial charge in [-0.1, -0.05) is 30.3 Å². The highest BCUT2D eigenvalue weighted by molar-refractivity contribution is 5.68. The fourth-order valence-electron chi connectivity index (χ4n) is 2.07. The molecule has 18 heavy (non-hydrogen) atoms. The zero-order valence-corrected chi connectivity index (χ0v) is 10.5. The Bertz CT molecular complexity index is 623. The van der Waals surface area contributed by atoms with Crippen LogP contribution >= 0.6 is 0 Å². The maximum Gasteiger partial charge on any atom is 0.131 e. The second-order valence-electron chi connectivity index (χ2n) is 4.47. The summed E-state index contributed by atoms with van der Waals surface area (Å²) in [5.41, 5.74) is 4.36. The Balaban J connectivity index is 2.48. The second kappa shape index (κ2) is 5.01. The fraction of sp³-hybridized carbons (Fsp3) is 0.188. The van der Waals surface area contributed by atoms with Crippen molar-refractivity contribution >= 4 is 0 Å². The molecule has 0 aromatic heterocycles. The van der Waals surface area contributed by atoms with Crippen molar-refractivity contribution in [2.45, 2.75) is 20.3 Å². The van der Waals surface area contributed by atoms with E-state index < -0.39 is 0 Å². The standard InChI is InChI=1S/C16H14FN/c1-11-3-5-15(16(17)9-11)14-6-4-13(7-8-18)10-12(14)2/h3-6,9-10H,7H2,1-2H3. The number of rotatable bonds is 2. The van der Waals surface area contributed by atoms with Crippen molar-refractivity contribution < 1.29 is 4.39 Å². The van der Waals surface area contributed by atoms with Crippen molar-refractivity contribution in [2.24, 2.45) is 0 Å². The predicted octanol–water partition coefficient (Wildman–Crippen LogP) is 4.18. The molecule has 1 nitrogen and oxygen atoms in total. The molecule has 0 unspecified atom stereocenters. The first-order chi connectivity index (χ1) is 8.61. The van der Waals surface area contributed by atoms with E-state index in [4.69, 9.17) is 5.26 Å². The van der Waals surface area contributed by atoms with Gasteiger partial charge < -0.3 is 0 Å². The smallest absolute Gasteiger partial charge is 0.131 e. The summed E-state index contributed by atoms with van der Waals surface area (Å²) < 4.78 is 13.9. The lowest BCUT2D eigenvalue weighted by Gasteiger charge is -2.09. The number of hydrogen-bond acceptors (Lipinski definition) is 1. The third-order valence-corrected chi connectivity index (χ3v) is 2.99. The molecule has 0 N–H and O–H groups in total. The molecule has 2 aromatic rings. The SMILES string of the molecule is Cc1ccc(-c2ccc(CC#N)cc2C)c(F)c1. The molecule has 2 aromatic carbocycles. The van der Waals surface area contributed by atoms with Gasteiger partial charge in [0.25, 0.3) is 0 Å². The molecule has 0 saturated carbocycles. The molecule has 2 rings (SSSR count). The predicted molar refractivity (Wildman–Crippen MR) is 70.6 cm³/mol. The summed E-state index contributed by atoms with van der Waals surface area (Å²) in [5, 5.41) is 8.66. The van der Waals surface area contributed by atoms with E-state index in [1.165, 1.54) is 6.07 Å². The van der Waals surface area contributed by atoms with Gasteiger partial charge in [0.2, 0.25) is 0 Å². The van der Waals surface area contributed by atoms with Crippen LogP contribution in [0.15, 0.2) is 36.4 Å². The zero-order valence-electron chi connectivity index (χ0n) is 10.5. The van der Waals surface area contributed by atoms with Gasteiger partial charge in [-0.25, -0.2) is 4.39 Å². The van der Waals surface area contributed by atoms with Gasteiger partial charge >= 0.3 is 0 Å². The lowest BCUT2D eigenvalue weighted by atomic mass is 9.96. The Kier molecular flexibility index (Phi) is 3.43. The minimum Gasteiger partial charge on any atom is -0.206 e. The third-order valence-electron chi connectivity index (χ3n) is 2.99. The lowest BCUT2D eigenvalue weighted by molar-refractivity contribution is 0.630. The summed E-state index contributed by atoms with van der Waals surface area (Å²) in [6.07, 6.45) is 0.386. The maximum atomic E-state index is 13.9. The van der Waals surface area contributed by atoms with Crippen LogP contribution in [0.5, 0.6) is 0 Å². The Morgan fingerprint density at radius 1 is 1.06 bits per heavy atom. The Labute approximate surface area is 107 Å². The summed E-state index contributed by atoms with van der Waals surface area (Å²) in [6, 6.07) is 13.1. The van der Waals surface area contributed by atoms with Crippen LogP contribution in [-0.4, -0.2) is 0 Å². The number of hydrogen-bond donors (Lipinski definition) is 0. The molecule has 2 heteroatoms. The van der Waals surface area contributed by atoms with Crippen molar-refractivity contribution in [3.8, 4) is 17.2 Å². The molecule has 0 atom stereocenters. The van der Waals surface area contributed by atoms with Gasteiger partial charge in [-0.2, -0.15) is 5.26 Å². The minimum absolute atomic E-state index is 0.203. The van der Waals surface area contributed by atoms with Crippen molar-refractivity contribution in [3.05, 3.63) is 58.9 Å². The maximum absolute atomic E-state index is 13.9. The number of nitriles is 1. The first-order valence-electron chi connectivity index (χ1n) is 5.85. The van der Waals surface area contributed by atoms with Gasteiger partial charge in [-0.3, -0.25) is 0 Å². The van der Waals surface area contributed by atoms with E-state index in [1.807, 2.05) is 38.1 Å². The quantitative estimate of drug-likeness (QED) is 0.771. The van der Waals surface area contributed by atoms with Gasteiger partial charge in [-0.05, 0) is 42.2 Å². The average Bonchev–Trinajstić information content (AvgIpc) is 2.31. The van der Waals surface area contributed by atoms with Crippen LogP contribution in [0.1, 0.15) is 16.7 Å². The Morgan fingerprint density at radius 3 is 2.39 bits per heavy atom. The Morgan fingerprint density at radius 2 is 1.78 bits per heavy atom. The summed E-state index contributed by atoms with van der Waals surface area (Å²) >= 11 is 0. The normalized spacial score (nSPS) is 10.1. The monoisotopic (exact) mass is 239 g/mol. The van der Waals surface area contributed by atoms with Crippen LogP contribution in [0.2, 0.25) is 0 Å². The van der Waals surface area contributed by atoms with E-state index in [-0.39, 0.29) is 5.82 Å². The van der Waals surface area contributed by atoms with E-state index in [1.54, 1.807) is 6.07 Å². The average molecular weight is 239 g/mol. The summed E-state index contributed by atoms with van der Waals surface area (Å²) in [4.78, 5) is 0. The first kappa shape index (κ1) is 12.3. The molecule has 0 aliphatic carbocycles. The fourth-order valence-corrected chi connectivity index (χ4v) is 2.07. The van der Waals surface area contributed by atoms with Crippen molar-refractivity contribution in [3.63, 3.8) is 0 Å². The molecule has 0 radical (unpaired) electrons. The zero-order chi connectivity index (χ0) is 13.1. The van der Waals surface area contributed by atoms with Crippen LogP contribution in [0, 0.1) is 31.0 Å². The molecular weight excluding hydrogens is 225 g/mol. The molecular formula is C16H14FN. The summed E-state index contributed by atoms with van der Waals surface area (Å²) in [5.74, 6) is -0.203. The van der Waals surface area contributed by atoms with Gasteiger partial charge in [0, 0.05) is 5.56 Å². The van der Waals surface area contributed by atoms with Gasteiger partial charge in [0.05, 0.1) is 12.5 Å². The largest absolute Gasteiger partial charge is 0.206 e. The van der Waals surface area contributed by atoms with E-state index in [0.717, 1.165) is 22.3 Å². The highest BCUT2D eigenvalue weighted by atomic mass is 19.1. The van der Waals surface area contributed by atoms with Gasteiger partial charge in [0.1, 0.15) is 5.82 Å². The van der Waals surface area contributed by atoms with Crippen LogP contribution in [0.3, 0.4) is 0 Å². The molecule has 0 heterocycles. The van der Waals surface area contributed by atoms with Gasteiger partial charge in [-0.15, -0.1) is 0 Å². The number of aryl methyl sites for hydroxylation is 2. The molecule has 0 bridgehead atoms. The van der Waals surface area contributed by atoms with Gasteiger partial charge in [0.15, 0.2) is 0 Å². The number of nitrogens with zero attached hydrogens (tertiary/aromatic N) is 1. The topological polar surface area (TPSA) is 23.8 Å². The van der Waals surface area contributed by atoms with Crippen LogP contribution in [-0.2, 0) is 6.42 Å². The first-order valence-corrected chi connectivity index (χ1v) is 5.85. The van der Waals surface area contributed by atoms with E-state index in [0.29, 0.717) is 12.0 Å². The molecule has 0 spiro atoms. The van der Waals surface area contributed by atoms with E-state index in [9.17, 15) is 4.39 Å². The molecule has 0 aliphatic heterocycles. The molecule has 0 saturated heterocycles. The molecule has 0 aliphatic rings. The third kappa shape index (κ3) is 2.41. The van der Waals surface area contributed by atoms with Crippen LogP contribution in [0.25, 0.3) is 11.1 Å². The minimum atomic E-state index is -0.203.